The molecule has 29 heavy (non-hydrogen) atoms. The van der Waals surface area contributed by atoms with Crippen molar-refractivity contribution in [2.75, 3.05) is 5.32 Å². The van der Waals surface area contributed by atoms with Crippen LogP contribution in [0.5, 0.6) is 0 Å². The van der Waals surface area contributed by atoms with Gasteiger partial charge >= 0.3 is 0 Å². The third kappa shape index (κ3) is 5.48. The van der Waals surface area contributed by atoms with Gasteiger partial charge in [-0.2, -0.15) is 0 Å². The van der Waals surface area contributed by atoms with E-state index in [-0.39, 0.29) is 17.7 Å². The minimum absolute atomic E-state index is 0.0273. The zero-order valence-electron chi connectivity index (χ0n) is 15.5. The van der Waals surface area contributed by atoms with Crippen LogP contribution < -0.4 is 10.6 Å². The van der Waals surface area contributed by atoms with Crippen LogP contribution in [-0.4, -0.2) is 17.9 Å². The third-order valence-corrected chi connectivity index (χ3v) is 4.39. The lowest BCUT2D eigenvalue weighted by Gasteiger charge is -2.20. The van der Waals surface area contributed by atoms with Crippen LogP contribution in [0.25, 0.3) is 0 Å². The predicted octanol–water partition coefficient (Wildman–Crippen LogP) is 4.60. The van der Waals surface area contributed by atoms with Crippen molar-refractivity contribution in [2.45, 2.75) is 18.9 Å². The fraction of sp³-hybridized carbons (Fsp3) is 0.130. The molecule has 2 N–H and O–H groups in total. The highest BCUT2D eigenvalue weighted by atomic mass is 19.3. The Balaban J connectivity index is 1.82. The molecule has 2 amide bonds. The Hall–Kier alpha value is -3.54. The van der Waals surface area contributed by atoms with Crippen LogP contribution in [-0.2, 0) is 11.2 Å². The summed E-state index contributed by atoms with van der Waals surface area (Å²) in [6.45, 7) is 0. The molecule has 0 aliphatic rings. The van der Waals surface area contributed by atoms with Crippen LogP contribution >= 0.6 is 0 Å². The molecule has 148 valence electrons. The van der Waals surface area contributed by atoms with E-state index in [2.05, 4.69) is 10.6 Å². The summed E-state index contributed by atoms with van der Waals surface area (Å²) in [4.78, 5) is 25.5. The Kier molecular flexibility index (Phi) is 6.68. The highest BCUT2D eigenvalue weighted by molar-refractivity contribution is 6.01. The van der Waals surface area contributed by atoms with Crippen molar-refractivity contribution >= 4 is 17.5 Å². The van der Waals surface area contributed by atoms with Gasteiger partial charge in [0.25, 0.3) is 12.3 Å². The number of para-hydroxylation sites is 1. The highest BCUT2D eigenvalue weighted by Gasteiger charge is 2.24. The third-order valence-electron chi connectivity index (χ3n) is 4.39. The molecular formula is C23H20F2N2O2. The first kappa shape index (κ1) is 20.2. The smallest absolute Gasteiger partial charge is 0.265 e. The van der Waals surface area contributed by atoms with E-state index < -0.39 is 24.3 Å². The summed E-state index contributed by atoms with van der Waals surface area (Å²) >= 11 is 0. The fourth-order valence-corrected chi connectivity index (χ4v) is 2.91. The second-order valence-corrected chi connectivity index (χ2v) is 6.46. The fourth-order valence-electron chi connectivity index (χ4n) is 2.91. The maximum atomic E-state index is 13.2. The molecule has 0 fully saturated rings. The largest absolute Gasteiger partial charge is 0.340 e. The van der Waals surface area contributed by atoms with Gasteiger partial charge in [-0.1, -0.05) is 66.7 Å². The number of anilines is 1. The number of amides is 2. The number of rotatable bonds is 7. The van der Waals surface area contributed by atoms with Crippen molar-refractivity contribution in [1.29, 1.82) is 0 Å². The maximum Gasteiger partial charge on any atom is 0.265 e. The Bertz CT molecular complexity index is 963. The summed E-state index contributed by atoms with van der Waals surface area (Å²) in [5, 5.41) is 5.25. The number of carbonyl (C=O) groups excluding carboxylic acids is 2. The first-order valence-corrected chi connectivity index (χ1v) is 9.12. The Morgan fingerprint density at radius 1 is 0.793 bits per heavy atom. The van der Waals surface area contributed by atoms with Crippen LogP contribution in [0, 0.1) is 0 Å². The van der Waals surface area contributed by atoms with Crippen LogP contribution in [0.3, 0.4) is 0 Å². The molecule has 0 aliphatic heterocycles. The first-order valence-electron chi connectivity index (χ1n) is 9.12. The van der Waals surface area contributed by atoms with Gasteiger partial charge in [-0.25, -0.2) is 8.78 Å². The summed E-state index contributed by atoms with van der Waals surface area (Å²) in [7, 11) is 0. The number of benzene rings is 3. The van der Waals surface area contributed by atoms with Crippen LogP contribution in [0.4, 0.5) is 14.5 Å². The standard InChI is InChI=1S/C23H20F2N2O2/c24-21(25)18-13-7-8-14-19(18)26-23(29)20(15-16-9-3-1-4-10-16)27-22(28)17-11-5-2-6-12-17/h1-14,20-21H,15H2,(H,26,29)(H,27,28). The zero-order valence-corrected chi connectivity index (χ0v) is 15.5. The van der Waals surface area contributed by atoms with Crippen molar-refractivity contribution in [3.05, 3.63) is 102 Å². The van der Waals surface area contributed by atoms with Gasteiger partial charge in [-0.05, 0) is 23.8 Å². The van der Waals surface area contributed by atoms with Crippen molar-refractivity contribution < 1.29 is 18.4 Å². The molecule has 0 radical (unpaired) electrons. The van der Waals surface area contributed by atoms with Crippen molar-refractivity contribution in [1.82, 2.24) is 5.32 Å². The van der Waals surface area contributed by atoms with E-state index in [9.17, 15) is 18.4 Å². The molecule has 3 rings (SSSR count). The van der Waals surface area contributed by atoms with Gasteiger partial charge in [0.05, 0.1) is 0 Å². The van der Waals surface area contributed by atoms with Gasteiger partial charge in [-0.3, -0.25) is 9.59 Å². The summed E-state index contributed by atoms with van der Waals surface area (Å²) in [6.07, 6.45) is -2.50. The Labute approximate surface area is 167 Å². The minimum atomic E-state index is -2.72. The quantitative estimate of drug-likeness (QED) is 0.615. The molecule has 0 aromatic heterocycles. The molecule has 1 atom stereocenters. The van der Waals surface area contributed by atoms with Crippen LogP contribution in [0.1, 0.15) is 27.9 Å². The van der Waals surface area contributed by atoms with Crippen molar-refractivity contribution in [3.8, 4) is 0 Å². The number of hydrogen-bond acceptors (Lipinski definition) is 2. The van der Waals surface area contributed by atoms with Crippen LogP contribution in [0.15, 0.2) is 84.9 Å². The lowest BCUT2D eigenvalue weighted by molar-refractivity contribution is -0.118. The number of halogens is 2. The molecule has 6 heteroatoms. The number of hydrogen-bond donors (Lipinski definition) is 2. The summed E-state index contributed by atoms with van der Waals surface area (Å²) in [5.41, 5.74) is 1.00. The second kappa shape index (κ2) is 9.59. The van der Waals surface area contributed by atoms with E-state index in [1.807, 2.05) is 30.3 Å². The molecule has 3 aromatic carbocycles. The molecule has 0 heterocycles. The molecule has 0 aliphatic carbocycles. The molecular weight excluding hydrogens is 374 g/mol. The number of carbonyl (C=O) groups is 2. The SMILES string of the molecule is O=C(NC(Cc1ccccc1)C(=O)Nc1ccccc1C(F)F)c1ccccc1. The Morgan fingerprint density at radius 2 is 1.38 bits per heavy atom. The van der Waals surface area contributed by atoms with Gasteiger partial charge in [0.1, 0.15) is 6.04 Å². The van der Waals surface area contributed by atoms with Gasteiger partial charge in [0.15, 0.2) is 0 Å². The maximum absolute atomic E-state index is 13.2. The van der Waals surface area contributed by atoms with E-state index in [0.717, 1.165) is 5.56 Å². The van der Waals surface area contributed by atoms with Gasteiger partial charge in [0.2, 0.25) is 5.91 Å². The number of nitrogens with one attached hydrogen (secondary N) is 2. The lowest BCUT2D eigenvalue weighted by Crippen LogP contribution is -2.45. The molecule has 4 nitrogen and oxygen atoms in total. The average molecular weight is 394 g/mol. The molecule has 0 saturated heterocycles. The van der Waals surface area contributed by atoms with Crippen molar-refractivity contribution in [2.24, 2.45) is 0 Å². The van der Waals surface area contributed by atoms with Crippen LogP contribution in [0.2, 0.25) is 0 Å². The lowest BCUT2D eigenvalue weighted by atomic mass is 10.0. The minimum Gasteiger partial charge on any atom is -0.340 e. The molecule has 0 saturated carbocycles. The molecule has 1 unspecified atom stereocenters. The molecule has 3 aromatic rings. The topological polar surface area (TPSA) is 58.2 Å². The molecule has 0 bridgehead atoms. The second-order valence-electron chi connectivity index (χ2n) is 6.46. The number of alkyl halides is 2. The van der Waals surface area contributed by atoms with Gasteiger partial charge in [-0.15, -0.1) is 0 Å². The van der Waals surface area contributed by atoms with Crippen molar-refractivity contribution in [3.63, 3.8) is 0 Å². The van der Waals surface area contributed by atoms with E-state index in [1.165, 1.54) is 18.2 Å². The Morgan fingerprint density at radius 3 is 2.03 bits per heavy atom. The zero-order chi connectivity index (χ0) is 20.6. The predicted molar refractivity (Wildman–Crippen MR) is 108 cm³/mol. The summed E-state index contributed by atoms with van der Waals surface area (Å²) in [6, 6.07) is 22.5. The van der Waals surface area contributed by atoms with E-state index in [4.69, 9.17) is 0 Å². The molecule has 0 spiro atoms. The van der Waals surface area contributed by atoms with E-state index in [0.29, 0.717) is 5.56 Å². The highest BCUT2D eigenvalue weighted by Crippen LogP contribution is 2.26. The van der Waals surface area contributed by atoms with E-state index >= 15 is 0 Å². The summed E-state index contributed by atoms with van der Waals surface area (Å²) < 4.78 is 26.5. The van der Waals surface area contributed by atoms with E-state index in [1.54, 1.807) is 36.4 Å². The van der Waals surface area contributed by atoms with Gasteiger partial charge < -0.3 is 10.6 Å². The average Bonchev–Trinajstić information content (AvgIpc) is 2.74. The monoisotopic (exact) mass is 394 g/mol. The normalized spacial score (nSPS) is 11.7. The van der Waals surface area contributed by atoms with Gasteiger partial charge in [0, 0.05) is 23.2 Å². The summed E-state index contributed by atoms with van der Waals surface area (Å²) in [5.74, 6) is -0.977. The first-order chi connectivity index (χ1) is 14.0.